The lowest BCUT2D eigenvalue weighted by atomic mass is 9.77. The Balaban J connectivity index is 1.72. The van der Waals surface area contributed by atoms with Gasteiger partial charge in [0.15, 0.2) is 0 Å². The van der Waals surface area contributed by atoms with Crippen molar-refractivity contribution in [1.29, 1.82) is 0 Å². The maximum Gasteiger partial charge on any atom is 0.418 e. The SMILES string of the molecule is CC(C)(c1ccccc1Oc1ccc(N)c(C(F)(F)F)c1)c1ccccc1Oc1ccc(N)c(C(F)(F)F)c1. The van der Waals surface area contributed by atoms with Crippen molar-refractivity contribution in [1.82, 2.24) is 0 Å². The lowest BCUT2D eigenvalue weighted by molar-refractivity contribution is -0.137. The van der Waals surface area contributed by atoms with Gasteiger partial charge in [0, 0.05) is 27.9 Å². The van der Waals surface area contributed by atoms with E-state index in [0.717, 1.165) is 24.3 Å². The predicted octanol–water partition coefficient (Wildman–Crippen LogP) is 8.80. The Morgan fingerprint density at radius 1 is 0.513 bits per heavy atom. The number of hydrogen-bond acceptors (Lipinski definition) is 4. The zero-order valence-corrected chi connectivity index (χ0v) is 20.8. The molecule has 4 aromatic carbocycles. The Morgan fingerprint density at radius 2 is 0.872 bits per heavy atom. The van der Waals surface area contributed by atoms with E-state index in [0.29, 0.717) is 11.1 Å². The summed E-state index contributed by atoms with van der Waals surface area (Å²) in [4.78, 5) is 0. The fourth-order valence-electron chi connectivity index (χ4n) is 4.23. The van der Waals surface area contributed by atoms with Crippen LogP contribution in [0.25, 0.3) is 0 Å². The fraction of sp³-hybridized carbons (Fsp3) is 0.172. The summed E-state index contributed by atoms with van der Waals surface area (Å²) in [5, 5.41) is 0. The van der Waals surface area contributed by atoms with E-state index in [1.54, 1.807) is 48.5 Å². The van der Waals surface area contributed by atoms with Gasteiger partial charge in [0.25, 0.3) is 0 Å². The van der Waals surface area contributed by atoms with Crippen molar-refractivity contribution in [2.24, 2.45) is 0 Å². The average molecular weight is 547 g/mol. The van der Waals surface area contributed by atoms with E-state index in [-0.39, 0.29) is 23.0 Å². The van der Waals surface area contributed by atoms with Gasteiger partial charge in [-0.3, -0.25) is 0 Å². The van der Waals surface area contributed by atoms with Crippen LogP contribution in [0.1, 0.15) is 36.1 Å². The smallest absolute Gasteiger partial charge is 0.418 e. The molecule has 0 aliphatic heterocycles. The molecule has 39 heavy (non-hydrogen) atoms. The minimum Gasteiger partial charge on any atom is -0.457 e. The first-order valence-corrected chi connectivity index (χ1v) is 11.7. The highest BCUT2D eigenvalue weighted by atomic mass is 19.4. The van der Waals surface area contributed by atoms with Crippen LogP contribution in [0.15, 0.2) is 84.9 Å². The minimum atomic E-state index is -4.66. The Morgan fingerprint density at radius 3 is 1.23 bits per heavy atom. The summed E-state index contributed by atoms with van der Waals surface area (Å²) in [6.45, 7) is 3.68. The first-order chi connectivity index (χ1) is 18.2. The molecule has 4 aromatic rings. The normalized spacial score (nSPS) is 12.3. The van der Waals surface area contributed by atoms with Crippen molar-refractivity contribution in [2.75, 3.05) is 11.5 Å². The first kappa shape index (κ1) is 27.7. The van der Waals surface area contributed by atoms with Gasteiger partial charge >= 0.3 is 12.4 Å². The molecule has 0 fully saturated rings. The summed E-state index contributed by atoms with van der Waals surface area (Å²) in [5.74, 6) is 0.431. The molecule has 0 radical (unpaired) electrons. The molecular weight excluding hydrogens is 522 g/mol. The summed E-state index contributed by atoms with van der Waals surface area (Å²) in [6, 6.07) is 20.1. The summed E-state index contributed by atoms with van der Waals surface area (Å²) in [7, 11) is 0. The molecule has 0 spiro atoms. The standard InChI is InChI=1S/C29H24F6N2O2/c1-27(2,19-7-3-5-9-25(19)38-17-11-13-23(36)21(15-17)28(30,31)32)20-8-4-6-10-26(20)39-18-12-14-24(37)22(16-18)29(33,34)35/h3-16H,36-37H2,1-2H3. The van der Waals surface area contributed by atoms with Crippen LogP contribution >= 0.6 is 0 Å². The Bertz CT molecular complexity index is 1390. The summed E-state index contributed by atoms with van der Waals surface area (Å²) in [5.41, 5.74) is 8.46. The van der Waals surface area contributed by atoms with Gasteiger partial charge in [0.1, 0.15) is 23.0 Å². The van der Waals surface area contributed by atoms with Crippen molar-refractivity contribution in [3.8, 4) is 23.0 Å². The summed E-state index contributed by atoms with van der Waals surface area (Å²) >= 11 is 0. The van der Waals surface area contributed by atoms with Gasteiger partial charge in [-0.2, -0.15) is 26.3 Å². The average Bonchev–Trinajstić information content (AvgIpc) is 2.85. The summed E-state index contributed by atoms with van der Waals surface area (Å²) in [6.07, 6.45) is -9.32. The molecule has 0 aliphatic carbocycles. The number of anilines is 2. The molecule has 0 saturated carbocycles. The second-order valence-corrected chi connectivity index (χ2v) is 9.32. The highest BCUT2D eigenvalue weighted by Gasteiger charge is 2.35. The largest absolute Gasteiger partial charge is 0.457 e. The molecule has 4 nitrogen and oxygen atoms in total. The lowest BCUT2D eigenvalue weighted by Crippen LogP contribution is -2.20. The number of para-hydroxylation sites is 2. The molecule has 4 N–H and O–H groups in total. The number of halogens is 6. The molecular formula is C29H24F6N2O2. The molecule has 0 aromatic heterocycles. The van der Waals surface area contributed by atoms with Gasteiger partial charge in [-0.15, -0.1) is 0 Å². The van der Waals surface area contributed by atoms with Gasteiger partial charge in [-0.25, -0.2) is 0 Å². The van der Waals surface area contributed by atoms with Crippen molar-refractivity contribution in [3.63, 3.8) is 0 Å². The third-order valence-electron chi connectivity index (χ3n) is 6.24. The number of nitrogen functional groups attached to an aromatic ring is 2. The summed E-state index contributed by atoms with van der Waals surface area (Å²) < 4.78 is 92.0. The van der Waals surface area contributed by atoms with Gasteiger partial charge in [0.2, 0.25) is 0 Å². The monoisotopic (exact) mass is 546 g/mol. The van der Waals surface area contributed by atoms with E-state index < -0.39 is 40.3 Å². The van der Waals surface area contributed by atoms with Gasteiger partial charge < -0.3 is 20.9 Å². The van der Waals surface area contributed by atoms with Crippen LogP contribution in [-0.2, 0) is 17.8 Å². The molecule has 0 amide bonds. The Labute approximate surface area is 220 Å². The van der Waals surface area contributed by atoms with Crippen LogP contribution in [0.3, 0.4) is 0 Å². The highest BCUT2D eigenvalue weighted by molar-refractivity contribution is 5.56. The minimum absolute atomic E-state index is 0.0640. The Kier molecular flexibility index (Phi) is 7.16. The number of alkyl halides is 6. The number of benzene rings is 4. The number of rotatable bonds is 6. The van der Waals surface area contributed by atoms with Crippen molar-refractivity contribution in [2.45, 2.75) is 31.6 Å². The van der Waals surface area contributed by atoms with Crippen molar-refractivity contribution < 1.29 is 35.8 Å². The zero-order chi connectivity index (χ0) is 28.6. The van der Waals surface area contributed by atoms with E-state index in [9.17, 15) is 26.3 Å². The maximum atomic E-state index is 13.4. The molecule has 0 unspecified atom stereocenters. The lowest BCUT2D eigenvalue weighted by Gasteiger charge is -2.30. The quantitative estimate of drug-likeness (QED) is 0.187. The number of hydrogen-bond donors (Lipinski definition) is 2. The molecule has 0 saturated heterocycles. The van der Waals surface area contributed by atoms with E-state index in [1.165, 1.54) is 12.1 Å². The maximum absolute atomic E-state index is 13.4. The van der Waals surface area contributed by atoms with Crippen molar-refractivity contribution >= 4 is 11.4 Å². The van der Waals surface area contributed by atoms with Crippen molar-refractivity contribution in [3.05, 3.63) is 107 Å². The fourth-order valence-corrected chi connectivity index (χ4v) is 4.23. The Hall–Kier alpha value is -4.34. The molecule has 10 heteroatoms. The second kappa shape index (κ2) is 10.1. The van der Waals surface area contributed by atoms with E-state index in [4.69, 9.17) is 20.9 Å². The molecule has 0 atom stereocenters. The van der Waals surface area contributed by atoms with E-state index in [1.807, 2.05) is 13.8 Å². The third-order valence-corrected chi connectivity index (χ3v) is 6.24. The topological polar surface area (TPSA) is 70.5 Å². The predicted molar refractivity (Wildman–Crippen MR) is 137 cm³/mol. The van der Waals surface area contributed by atoms with Crippen LogP contribution in [0.4, 0.5) is 37.7 Å². The molecule has 0 heterocycles. The van der Waals surface area contributed by atoms with Gasteiger partial charge in [0.05, 0.1) is 11.1 Å². The van der Waals surface area contributed by atoms with Gasteiger partial charge in [-0.05, 0) is 48.5 Å². The number of ether oxygens (including phenoxy) is 2. The molecule has 4 rings (SSSR count). The van der Waals surface area contributed by atoms with Crippen LogP contribution in [0, 0.1) is 0 Å². The van der Waals surface area contributed by atoms with Crippen LogP contribution < -0.4 is 20.9 Å². The second-order valence-electron chi connectivity index (χ2n) is 9.32. The van der Waals surface area contributed by atoms with Gasteiger partial charge in [-0.1, -0.05) is 50.2 Å². The third kappa shape index (κ3) is 5.89. The zero-order valence-electron chi connectivity index (χ0n) is 20.8. The van der Waals surface area contributed by atoms with Crippen LogP contribution in [-0.4, -0.2) is 0 Å². The van der Waals surface area contributed by atoms with Crippen LogP contribution in [0.5, 0.6) is 23.0 Å². The van der Waals surface area contributed by atoms with E-state index >= 15 is 0 Å². The van der Waals surface area contributed by atoms with E-state index in [2.05, 4.69) is 0 Å². The van der Waals surface area contributed by atoms with Crippen LogP contribution in [0.2, 0.25) is 0 Å². The molecule has 204 valence electrons. The molecule has 0 aliphatic rings. The highest BCUT2D eigenvalue weighted by Crippen LogP contribution is 2.45. The molecule has 0 bridgehead atoms. The first-order valence-electron chi connectivity index (χ1n) is 11.7. The number of nitrogens with two attached hydrogens (primary N) is 2.